The van der Waals surface area contributed by atoms with E-state index in [9.17, 15) is 18.0 Å². The monoisotopic (exact) mass is 341 g/mol. The van der Waals surface area contributed by atoms with Crippen molar-refractivity contribution >= 4 is 11.9 Å². The second-order valence-corrected chi connectivity index (χ2v) is 5.14. The van der Waals surface area contributed by atoms with Gasteiger partial charge in [0.25, 0.3) is 0 Å². The number of rotatable bonds is 2. The van der Waals surface area contributed by atoms with E-state index >= 15 is 0 Å². The Morgan fingerprint density at radius 1 is 1.25 bits per heavy atom. The van der Waals surface area contributed by atoms with Gasteiger partial charge in [0.05, 0.1) is 5.56 Å². The lowest BCUT2D eigenvalue weighted by atomic mass is 10.2. The van der Waals surface area contributed by atoms with Crippen molar-refractivity contribution in [3.63, 3.8) is 0 Å². The number of alkyl halides is 3. The number of hydrogen-bond acceptors (Lipinski definition) is 4. The van der Waals surface area contributed by atoms with Crippen molar-refractivity contribution < 1.29 is 22.7 Å². The van der Waals surface area contributed by atoms with Gasteiger partial charge in [-0.3, -0.25) is 0 Å². The van der Waals surface area contributed by atoms with Gasteiger partial charge < -0.3 is 14.5 Å². The number of carbonyl (C=O) groups excluding carboxylic acids is 1. The van der Waals surface area contributed by atoms with Gasteiger partial charge in [-0.15, -0.1) is 5.92 Å². The molecule has 0 unspecified atom stereocenters. The molecule has 0 N–H and O–H groups in total. The van der Waals surface area contributed by atoms with Crippen LogP contribution in [-0.2, 0) is 10.9 Å². The van der Waals surface area contributed by atoms with Crippen LogP contribution in [0.1, 0.15) is 18.9 Å². The predicted molar refractivity (Wildman–Crippen MR) is 82.4 cm³/mol. The summed E-state index contributed by atoms with van der Waals surface area (Å²) in [5.74, 6) is 6.00. The van der Waals surface area contributed by atoms with E-state index in [1.807, 2.05) is 11.8 Å². The van der Waals surface area contributed by atoms with Gasteiger partial charge in [0.1, 0.15) is 5.82 Å². The molecular weight excluding hydrogens is 323 g/mol. The molecule has 1 aromatic heterocycles. The number of anilines is 1. The molecule has 0 atom stereocenters. The topological polar surface area (TPSA) is 45.7 Å². The molecule has 0 aliphatic carbocycles. The maximum absolute atomic E-state index is 12.5. The second-order valence-electron chi connectivity index (χ2n) is 5.14. The lowest BCUT2D eigenvalue weighted by Crippen LogP contribution is -2.49. The molecule has 0 spiro atoms. The van der Waals surface area contributed by atoms with Crippen LogP contribution in [0.2, 0.25) is 0 Å². The summed E-state index contributed by atoms with van der Waals surface area (Å²) in [6.07, 6.45) is -3.30. The van der Waals surface area contributed by atoms with Crippen molar-refractivity contribution in [3.05, 3.63) is 23.9 Å². The molecule has 1 saturated heterocycles. The molecule has 24 heavy (non-hydrogen) atoms. The molecule has 2 rings (SSSR count). The van der Waals surface area contributed by atoms with Crippen LogP contribution in [0.25, 0.3) is 0 Å². The second kappa shape index (κ2) is 7.90. The first-order chi connectivity index (χ1) is 11.4. The highest BCUT2D eigenvalue weighted by molar-refractivity contribution is 5.68. The number of pyridine rings is 1. The Bertz CT molecular complexity index is 612. The van der Waals surface area contributed by atoms with Gasteiger partial charge >= 0.3 is 12.3 Å². The van der Waals surface area contributed by atoms with E-state index in [1.165, 1.54) is 6.07 Å². The summed E-state index contributed by atoms with van der Waals surface area (Å²) in [4.78, 5) is 19.1. The first kappa shape index (κ1) is 17.9. The molecule has 1 aliphatic rings. The largest absolute Gasteiger partial charge is 0.436 e. The van der Waals surface area contributed by atoms with Crippen LogP contribution in [-0.4, -0.2) is 48.8 Å². The summed E-state index contributed by atoms with van der Waals surface area (Å²) < 4.78 is 42.6. The Balaban J connectivity index is 1.85. The number of halogens is 3. The Hall–Kier alpha value is -2.43. The summed E-state index contributed by atoms with van der Waals surface area (Å²) in [5.41, 5.74) is -0.776. The van der Waals surface area contributed by atoms with E-state index in [0.29, 0.717) is 38.4 Å². The van der Waals surface area contributed by atoms with E-state index in [2.05, 4.69) is 16.8 Å². The highest BCUT2D eigenvalue weighted by Crippen LogP contribution is 2.29. The number of carbonyl (C=O) groups is 1. The Morgan fingerprint density at radius 2 is 1.96 bits per heavy atom. The molecule has 0 aromatic carbocycles. The average molecular weight is 341 g/mol. The van der Waals surface area contributed by atoms with Gasteiger partial charge in [-0.25, -0.2) is 9.78 Å². The maximum Gasteiger partial charge on any atom is 0.417 e. The third-order valence-corrected chi connectivity index (χ3v) is 3.51. The van der Waals surface area contributed by atoms with Crippen LogP contribution in [0.3, 0.4) is 0 Å². The van der Waals surface area contributed by atoms with Crippen LogP contribution in [0.4, 0.5) is 23.8 Å². The zero-order chi connectivity index (χ0) is 17.6. The van der Waals surface area contributed by atoms with E-state index in [1.54, 1.807) is 4.90 Å². The van der Waals surface area contributed by atoms with Crippen molar-refractivity contribution in [2.24, 2.45) is 0 Å². The Labute approximate surface area is 138 Å². The summed E-state index contributed by atoms with van der Waals surface area (Å²) in [7, 11) is 0. The van der Waals surface area contributed by atoms with Crippen LogP contribution >= 0.6 is 0 Å². The van der Waals surface area contributed by atoms with Crippen LogP contribution in [0.15, 0.2) is 18.3 Å². The molecule has 0 radical (unpaired) electrons. The summed E-state index contributed by atoms with van der Waals surface area (Å²) in [5, 5.41) is 0. The molecular formula is C16H18F3N3O2. The highest BCUT2D eigenvalue weighted by Gasteiger charge is 2.31. The molecule has 0 saturated carbocycles. The van der Waals surface area contributed by atoms with E-state index in [0.717, 1.165) is 12.3 Å². The van der Waals surface area contributed by atoms with E-state index in [-0.39, 0.29) is 6.61 Å². The first-order valence-electron chi connectivity index (χ1n) is 7.57. The summed E-state index contributed by atoms with van der Waals surface area (Å²) in [6, 6.07) is 2.35. The molecule has 0 bridgehead atoms. The van der Waals surface area contributed by atoms with Crippen molar-refractivity contribution in [1.82, 2.24) is 9.88 Å². The number of aromatic nitrogens is 1. The molecule has 1 aromatic rings. The van der Waals surface area contributed by atoms with Crippen molar-refractivity contribution in [2.45, 2.75) is 19.5 Å². The van der Waals surface area contributed by atoms with Crippen LogP contribution in [0, 0.1) is 11.8 Å². The van der Waals surface area contributed by atoms with E-state index < -0.39 is 17.8 Å². The molecule has 1 aliphatic heterocycles. The van der Waals surface area contributed by atoms with Crippen molar-refractivity contribution in [2.75, 3.05) is 37.7 Å². The molecule has 2 heterocycles. The van der Waals surface area contributed by atoms with Gasteiger partial charge in [-0.2, -0.15) is 13.2 Å². The third kappa shape index (κ3) is 4.78. The maximum atomic E-state index is 12.5. The standard InChI is InChI=1S/C16H18F3N3O2/c1-2-3-4-11-24-15(23)22-9-7-21(8-10-22)14-6-5-13(12-20-14)16(17,18)19/h5-6,12H,2,7-11H2,1H3. The minimum Gasteiger partial charge on any atom is -0.436 e. The van der Waals surface area contributed by atoms with Crippen molar-refractivity contribution in [3.8, 4) is 11.8 Å². The fraction of sp³-hybridized carbons (Fsp3) is 0.500. The zero-order valence-corrected chi connectivity index (χ0v) is 13.3. The number of amides is 1. The fourth-order valence-corrected chi connectivity index (χ4v) is 2.22. The van der Waals surface area contributed by atoms with Gasteiger partial charge in [0.15, 0.2) is 6.61 Å². The molecule has 1 amide bonds. The van der Waals surface area contributed by atoms with Crippen LogP contribution in [0.5, 0.6) is 0 Å². The Morgan fingerprint density at radius 3 is 2.50 bits per heavy atom. The fourth-order valence-electron chi connectivity index (χ4n) is 2.22. The molecule has 5 nitrogen and oxygen atoms in total. The SMILES string of the molecule is CCC#CCOC(=O)N1CCN(c2ccc(C(F)(F)F)cn2)CC1. The molecule has 8 heteroatoms. The van der Waals surface area contributed by atoms with Crippen LogP contribution < -0.4 is 4.90 Å². The number of hydrogen-bond donors (Lipinski definition) is 0. The number of piperazine rings is 1. The lowest BCUT2D eigenvalue weighted by Gasteiger charge is -2.34. The van der Waals surface area contributed by atoms with Gasteiger partial charge in [-0.1, -0.05) is 12.8 Å². The number of nitrogens with zero attached hydrogens (tertiary/aromatic N) is 3. The molecule has 130 valence electrons. The third-order valence-electron chi connectivity index (χ3n) is 3.51. The first-order valence-corrected chi connectivity index (χ1v) is 7.57. The minimum atomic E-state index is -4.39. The smallest absolute Gasteiger partial charge is 0.417 e. The highest BCUT2D eigenvalue weighted by atomic mass is 19.4. The summed E-state index contributed by atoms with van der Waals surface area (Å²) >= 11 is 0. The quantitative estimate of drug-likeness (QED) is 0.776. The average Bonchev–Trinajstić information content (AvgIpc) is 2.58. The van der Waals surface area contributed by atoms with Crippen molar-refractivity contribution in [1.29, 1.82) is 0 Å². The predicted octanol–water partition coefficient (Wildman–Crippen LogP) is 2.77. The van der Waals surface area contributed by atoms with Gasteiger partial charge in [-0.05, 0) is 12.1 Å². The van der Waals surface area contributed by atoms with Gasteiger partial charge in [0, 0.05) is 38.8 Å². The molecule has 1 fully saturated rings. The number of ether oxygens (including phenoxy) is 1. The van der Waals surface area contributed by atoms with E-state index in [4.69, 9.17) is 4.74 Å². The normalized spacial score (nSPS) is 14.8. The lowest BCUT2D eigenvalue weighted by molar-refractivity contribution is -0.137. The zero-order valence-electron chi connectivity index (χ0n) is 13.3. The minimum absolute atomic E-state index is 0.0628. The summed E-state index contributed by atoms with van der Waals surface area (Å²) in [6.45, 7) is 3.77. The van der Waals surface area contributed by atoms with Gasteiger partial charge in [0.2, 0.25) is 0 Å². The Kier molecular flexibility index (Phi) is 5.90.